The SMILES string of the molecule is COc1cc([C@H]2C3=CC[C@@H]4C(=O)N(c5cccc([N+](=O)[O-])c5)C(=O)[C@@H]4[C@@H]3C[C@H]3C(=O)N(c4cccc(Cl)c4)C(=O)[C@@]23c2ccccc2)ccc1O. The molecule has 256 valence electrons. The van der Waals surface area contributed by atoms with Crippen LogP contribution in [0.4, 0.5) is 17.1 Å². The van der Waals surface area contributed by atoms with Crippen molar-refractivity contribution >= 4 is 52.3 Å². The molecule has 8 rings (SSSR count). The van der Waals surface area contributed by atoms with Crippen LogP contribution in [-0.4, -0.2) is 40.8 Å². The predicted octanol–water partition coefficient (Wildman–Crippen LogP) is 6.33. The molecule has 0 bridgehead atoms. The van der Waals surface area contributed by atoms with E-state index in [2.05, 4.69) is 0 Å². The number of hydrogen-bond donors (Lipinski definition) is 1. The summed E-state index contributed by atoms with van der Waals surface area (Å²) in [6.07, 6.45) is 2.17. The largest absolute Gasteiger partial charge is 0.504 e. The highest BCUT2D eigenvalue weighted by Crippen LogP contribution is 2.65. The van der Waals surface area contributed by atoms with Crippen molar-refractivity contribution in [3.63, 3.8) is 0 Å². The lowest BCUT2D eigenvalue weighted by molar-refractivity contribution is -0.384. The first kappa shape index (κ1) is 32.4. The fraction of sp³-hybridized carbons (Fsp3) is 0.231. The molecule has 3 fully saturated rings. The summed E-state index contributed by atoms with van der Waals surface area (Å²) in [5, 5.41) is 22.5. The summed E-state index contributed by atoms with van der Waals surface area (Å²) in [7, 11) is 1.42. The van der Waals surface area contributed by atoms with E-state index in [0.29, 0.717) is 21.8 Å². The maximum Gasteiger partial charge on any atom is 0.271 e. The third-order valence-corrected chi connectivity index (χ3v) is 11.2. The van der Waals surface area contributed by atoms with Crippen molar-refractivity contribution in [2.45, 2.75) is 24.2 Å². The van der Waals surface area contributed by atoms with E-state index in [1.165, 1.54) is 42.3 Å². The van der Waals surface area contributed by atoms with E-state index in [9.17, 15) is 29.6 Å². The summed E-state index contributed by atoms with van der Waals surface area (Å²) in [4.78, 5) is 71.8. The van der Waals surface area contributed by atoms with Crippen LogP contribution in [0, 0.1) is 33.8 Å². The van der Waals surface area contributed by atoms with Gasteiger partial charge in [0.15, 0.2) is 11.5 Å². The van der Waals surface area contributed by atoms with E-state index in [1.54, 1.807) is 36.4 Å². The van der Waals surface area contributed by atoms with Gasteiger partial charge in [0.25, 0.3) is 5.69 Å². The Morgan fingerprint density at radius 2 is 1.57 bits per heavy atom. The van der Waals surface area contributed by atoms with Crippen molar-refractivity contribution in [1.82, 2.24) is 0 Å². The van der Waals surface area contributed by atoms with Crippen LogP contribution in [0.1, 0.15) is 29.9 Å². The molecule has 2 heterocycles. The molecule has 6 atom stereocenters. The number of halogens is 1. The zero-order valence-electron chi connectivity index (χ0n) is 27.1. The number of rotatable bonds is 6. The molecule has 0 unspecified atom stereocenters. The number of allylic oxidation sites excluding steroid dienone is 2. The minimum atomic E-state index is -1.50. The second kappa shape index (κ2) is 11.9. The number of aromatic hydroxyl groups is 1. The Morgan fingerprint density at radius 3 is 2.27 bits per heavy atom. The first-order valence-electron chi connectivity index (χ1n) is 16.5. The first-order valence-corrected chi connectivity index (χ1v) is 16.8. The average molecular weight is 704 g/mol. The summed E-state index contributed by atoms with van der Waals surface area (Å²) >= 11 is 6.37. The molecular weight excluding hydrogens is 674 g/mol. The summed E-state index contributed by atoms with van der Waals surface area (Å²) in [5.74, 6) is -5.99. The maximum absolute atomic E-state index is 15.3. The van der Waals surface area contributed by atoms with Gasteiger partial charge in [-0.1, -0.05) is 71.8 Å². The van der Waals surface area contributed by atoms with Crippen LogP contribution in [0.15, 0.2) is 109 Å². The third kappa shape index (κ3) is 4.64. The van der Waals surface area contributed by atoms with E-state index in [0.717, 1.165) is 10.5 Å². The third-order valence-electron chi connectivity index (χ3n) is 11.0. The molecule has 2 saturated heterocycles. The summed E-state index contributed by atoms with van der Waals surface area (Å²) in [6.45, 7) is 0. The Bertz CT molecular complexity index is 2210. The molecule has 4 aromatic rings. The number of anilines is 2. The number of carbonyl (C=O) groups is 4. The molecular formula is C39H30ClN3O8. The fourth-order valence-corrected chi connectivity index (χ4v) is 9.18. The highest BCUT2D eigenvalue weighted by Gasteiger charge is 2.70. The van der Waals surface area contributed by atoms with Crippen molar-refractivity contribution in [3.8, 4) is 11.5 Å². The molecule has 4 aromatic carbocycles. The molecule has 12 heteroatoms. The second-order valence-corrected chi connectivity index (χ2v) is 13.8. The monoisotopic (exact) mass is 703 g/mol. The maximum atomic E-state index is 15.3. The number of nitro groups is 1. The van der Waals surface area contributed by atoms with Gasteiger partial charge in [0.2, 0.25) is 23.6 Å². The summed E-state index contributed by atoms with van der Waals surface area (Å²) in [6, 6.07) is 25.8. The molecule has 4 aliphatic rings. The van der Waals surface area contributed by atoms with Crippen molar-refractivity contribution in [1.29, 1.82) is 0 Å². The van der Waals surface area contributed by atoms with Gasteiger partial charge >= 0.3 is 0 Å². The molecule has 1 saturated carbocycles. The van der Waals surface area contributed by atoms with Crippen LogP contribution in [-0.2, 0) is 24.6 Å². The molecule has 4 amide bonds. The number of phenols is 1. The Kier molecular flexibility index (Phi) is 7.57. The molecule has 0 radical (unpaired) electrons. The highest BCUT2D eigenvalue weighted by atomic mass is 35.5. The average Bonchev–Trinajstić information content (AvgIpc) is 3.53. The minimum Gasteiger partial charge on any atom is -0.504 e. The molecule has 1 N–H and O–H groups in total. The number of non-ortho nitro benzene ring substituents is 1. The number of benzene rings is 4. The number of imide groups is 2. The minimum absolute atomic E-state index is 0.0804. The number of nitrogens with zero attached hydrogens (tertiary/aromatic N) is 3. The number of amides is 4. The van der Waals surface area contributed by atoms with E-state index in [-0.39, 0.29) is 35.7 Å². The van der Waals surface area contributed by atoms with Gasteiger partial charge in [-0.25, -0.2) is 9.80 Å². The molecule has 51 heavy (non-hydrogen) atoms. The standard InChI is InChI=1S/C39H30ClN3O8/c1-51-32-17-21(13-16-31(32)44)34-27-14-15-28-33(37(47)41(35(28)45)25-11-6-12-26(19-25)43(49)50)29(27)20-30-36(46)42(24-10-5-9-23(40)18-24)38(48)39(30,34)22-7-3-2-4-8-22/h2-14,16-19,28-30,33-34,44H,15,20H2,1H3/t28-,29+,30-,33-,34-,39+/m0/s1. The number of phenolic OH excluding ortho intramolecular Hbond substituents is 1. The van der Waals surface area contributed by atoms with E-state index in [4.69, 9.17) is 16.3 Å². The van der Waals surface area contributed by atoms with Gasteiger partial charge in [-0.3, -0.25) is 29.3 Å². The fourth-order valence-electron chi connectivity index (χ4n) is 8.99. The Labute approximate surface area is 296 Å². The molecule has 11 nitrogen and oxygen atoms in total. The lowest BCUT2D eigenvalue weighted by Gasteiger charge is -2.50. The van der Waals surface area contributed by atoms with Crippen molar-refractivity contribution in [3.05, 3.63) is 135 Å². The Balaban J connectivity index is 1.34. The van der Waals surface area contributed by atoms with Crippen LogP contribution in [0.2, 0.25) is 5.02 Å². The van der Waals surface area contributed by atoms with Crippen LogP contribution >= 0.6 is 11.6 Å². The van der Waals surface area contributed by atoms with Crippen molar-refractivity contribution in [2.75, 3.05) is 16.9 Å². The zero-order chi connectivity index (χ0) is 35.8. The lowest BCUT2D eigenvalue weighted by atomic mass is 9.49. The number of methoxy groups -OCH3 is 1. The van der Waals surface area contributed by atoms with Gasteiger partial charge in [-0.05, 0) is 66.3 Å². The lowest BCUT2D eigenvalue weighted by Crippen LogP contribution is -2.53. The Hall–Kier alpha value is -5.81. The highest BCUT2D eigenvalue weighted by molar-refractivity contribution is 6.32. The van der Waals surface area contributed by atoms with Gasteiger partial charge in [0, 0.05) is 23.1 Å². The number of carbonyl (C=O) groups excluding carboxylic acids is 4. The number of ether oxygens (including phenoxy) is 1. The van der Waals surface area contributed by atoms with Gasteiger partial charge in [0.05, 0.1) is 46.6 Å². The van der Waals surface area contributed by atoms with Crippen LogP contribution < -0.4 is 14.5 Å². The molecule has 0 spiro atoms. The first-order chi connectivity index (χ1) is 24.6. The van der Waals surface area contributed by atoms with E-state index in [1.807, 2.05) is 36.4 Å². The van der Waals surface area contributed by atoms with Crippen LogP contribution in [0.25, 0.3) is 0 Å². The topological polar surface area (TPSA) is 147 Å². The van der Waals surface area contributed by atoms with Crippen LogP contribution in [0.3, 0.4) is 0 Å². The van der Waals surface area contributed by atoms with Gasteiger partial charge in [-0.2, -0.15) is 0 Å². The second-order valence-electron chi connectivity index (χ2n) is 13.3. The molecule has 2 aliphatic carbocycles. The molecule has 2 aliphatic heterocycles. The predicted molar refractivity (Wildman–Crippen MR) is 186 cm³/mol. The summed E-state index contributed by atoms with van der Waals surface area (Å²) in [5.41, 5.74) is 0.553. The quantitative estimate of drug-likeness (QED) is 0.106. The summed E-state index contributed by atoms with van der Waals surface area (Å²) < 4.78 is 5.50. The number of hydrogen-bond acceptors (Lipinski definition) is 8. The van der Waals surface area contributed by atoms with E-state index < -0.39 is 63.6 Å². The number of nitro benzene ring substituents is 1. The Morgan fingerprint density at radius 1 is 0.843 bits per heavy atom. The van der Waals surface area contributed by atoms with Gasteiger partial charge in [0.1, 0.15) is 0 Å². The molecule has 0 aromatic heterocycles. The smallest absolute Gasteiger partial charge is 0.271 e. The van der Waals surface area contributed by atoms with Crippen LogP contribution in [0.5, 0.6) is 11.5 Å². The van der Waals surface area contributed by atoms with Gasteiger partial charge in [-0.15, -0.1) is 0 Å². The number of fused-ring (bicyclic) bond motifs is 4. The normalized spacial score (nSPS) is 26.8. The van der Waals surface area contributed by atoms with E-state index >= 15 is 4.79 Å². The van der Waals surface area contributed by atoms with Crippen molar-refractivity contribution in [2.24, 2.45) is 23.7 Å². The van der Waals surface area contributed by atoms with Crippen molar-refractivity contribution < 1.29 is 33.9 Å². The zero-order valence-corrected chi connectivity index (χ0v) is 27.9. The van der Waals surface area contributed by atoms with Gasteiger partial charge < -0.3 is 9.84 Å².